The first-order valence-electron chi connectivity index (χ1n) is 6.23. The fourth-order valence-corrected chi connectivity index (χ4v) is 2.29. The molecule has 0 radical (unpaired) electrons. The second-order valence-corrected chi connectivity index (χ2v) is 4.91. The van der Waals surface area contributed by atoms with Crippen LogP contribution in [-0.4, -0.2) is 47.2 Å². The Labute approximate surface area is 98.0 Å². The van der Waals surface area contributed by atoms with Gasteiger partial charge in [-0.05, 0) is 40.0 Å². The summed E-state index contributed by atoms with van der Waals surface area (Å²) in [5.74, 6) is 0.190. The highest BCUT2D eigenvalue weighted by Crippen LogP contribution is 2.09. The summed E-state index contributed by atoms with van der Waals surface area (Å²) in [6, 6.07) is 0.0217. The molecular formula is C12H24N2O2. The molecule has 0 spiro atoms. The molecule has 1 fully saturated rings. The molecule has 0 aromatic carbocycles. The van der Waals surface area contributed by atoms with Crippen molar-refractivity contribution in [3.05, 3.63) is 0 Å². The zero-order chi connectivity index (χ0) is 12.1. The lowest BCUT2D eigenvalue weighted by Crippen LogP contribution is -2.47. The van der Waals surface area contributed by atoms with Crippen molar-refractivity contribution in [1.82, 2.24) is 10.2 Å². The number of carbonyl (C=O) groups is 1. The van der Waals surface area contributed by atoms with Gasteiger partial charge in [0.2, 0.25) is 5.91 Å². The molecule has 2 N–H and O–H groups in total. The van der Waals surface area contributed by atoms with Crippen LogP contribution < -0.4 is 5.32 Å². The molecule has 0 aromatic heterocycles. The third-order valence-corrected chi connectivity index (χ3v) is 3.02. The van der Waals surface area contributed by atoms with E-state index in [0.717, 1.165) is 25.9 Å². The van der Waals surface area contributed by atoms with Gasteiger partial charge in [0, 0.05) is 19.1 Å². The molecule has 0 aromatic rings. The smallest absolute Gasteiger partial charge is 0.239 e. The van der Waals surface area contributed by atoms with Crippen molar-refractivity contribution < 1.29 is 9.90 Å². The fourth-order valence-electron chi connectivity index (χ4n) is 2.29. The monoisotopic (exact) mass is 228 g/mol. The van der Waals surface area contributed by atoms with Crippen LogP contribution in [0.2, 0.25) is 0 Å². The number of nitrogens with one attached hydrogen (secondary N) is 1. The minimum atomic E-state index is -0.323. The third kappa shape index (κ3) is 4.10. The van der Waals surface area contributed by atoms with Gasteiger partial charge in [-0.15, -0.1) is 0 Å². The lowest BCUT2D eigenvalue weighted by molar-refractivity contribution is -0.132. The lowest BCUT2D eigenvalue weighted by atomic mass is 10.1. The van der Waals surface area contributed by atoms with Crippen LogP contribution in [0.5, 0.6) is 0 Å². The van der Waals surface area contributed by atoms with Gasteiger partial charge in [-0.25, -0.2) is 0 Å². The molecule has 4 heteroatoms. The lowest BCUT2D eigenvalue weighted by Gasteiger charge is -2.24. The predicted molar refractivity (Wildman–Crippen MR) is 64.2 cm³/mol. The first kappa shape index (κ1) is 13.5. The Morgan fingerprint density at radius 3 is 2.38 bits per heavy atom. The first-order valence-corrected chi connectivity index (χ1v) is 6.23. The average molecular weight is 228 g/mol. The van der Waals surface area contributed by atoms with Crippen LogP contribution in [-0.2, 0) is 4.79 Å². The number of rotatable bonds is 5. The van der Waals surface area contributed by atoms with E-state index in [4.69, 9.17) is 0 Å². The number of likely N-dealkylation sites (tertiary alicyclic amines) is 1. The Bertz CT molecular complexity index is 225. The van der Waals surface area contributed by atoms with E-state index in [1.165, 1.54) is 0 Å². The van der Waals surface area contributed by atoms with Gasteiger partial charge in [-0.2, -0.15) is 0 Å². The summed E-state index contributed by atoms with van der Waals surface area (Å²) in [6.07, 6.45) is 2.61. The second kappa shape index (κ2) is 6.21. The Kier molecular flexibility index (Phi) is 5.22. The average Bonchev–Trinajstić information content (AvgIpc) is 2.67. The van der Waals surface area contributed by atoms with Crippen molar-refractivity contribution in [2.75, 3.05) is 13.1 Å². The van der Waals surface area contributed by atoms with Crippen molar-refractivity contribution >= 4 is 5.91 Å². The van der Waals surface area contributed by atoms with E-state index in [2.05, 4.69) is 5.32 Å². The number of aliphatic hydroxyl groups excluding tert-OH is 1. The van der Waals surface area contributed by atoms with Crippen LogP contribution in [0.3, 0.4) is 0 Å². The van der Waals surface area contributed by atoms with Gasteiger partial charge in [-0.1, -0.05) is 0 Å². The number of aliphatic hydroxyl groups is 1. The molecule has 0 saturated carbocycles. The SMILES string of the molecule is CC(O)CC(C)NC(C)C(=O)N1CCCC1. The number of amides is 1. The highest BCUT2D eigenvalue weighted by molar-refractivity contribution is 5.81. The topological polar surface area (TPSA) is 52.6 Å². The van der Waals surface area contributed by atoms with Crippen LogP contribution in [0.1, 0.15) is 40.0 Å². The third-order valence-electron chi connectivity index (χ3n) is 3.02. The maximum atomic E-state index is 12.0. The van der Waals surface area contributed by atoms with E-state index < -0.39 is 0 Å². The Balaban J connectivity index is 2.32. The Morgan fingerprint density at radius 2 is 1.88 bits per heavy atom. The first-order chi connectivity index (χ1) is 7.50. The van der Waals surface area contributed by atoms with E-state index in [1.54, 1.807) is 6.92 Å². The Morgan fingerprint density at radius 1 is 1.31 bits per heavy atom. The van der Waals surface area contributed by atoms with Gasteiger partial charge in [0.25, 0.3) is 0 Å². The molecule has 1 aliphatic rings. The minimum absolute atomic E-state index is 0.146. The number of nitrogens with zero attached hydrogens (tertiary/aromatic N) is 1. The quantitative estimate of drug-likeness (QED) is 0.730. The molecule has 3 atom stereocenters. The molecule has 0 bridgehead atoms. The summed E-state index contributed by atoms with van der Waals surface area (Å²) in [4.78, 5) is 13.9. The molecule has 16 heavy (non-hydrogen) atoms. The maximum absolute atomic E-state index is 12.0. The van der Waals surface area contributed by atoms with Gasteiger partial charge < -0.3 is 15.3 Å². The van der Waals surface area contributed by atoms with E-state index >= 15 is 0 Å². The van der Waals surface area contributed by atoms with Gasteiger partial charge in [0.15, 0.2) is 0 Å². The highest BCUT2D eigenvalue weighted by atomic mass is 16.3. The second-order valence-electron chi connectivity index (χ2n) is 4.91. The van der Waals surface area contributed by atoms with Gasteiger partial charge in [0.1, 0.15) is 0 Å². The Hall–Kier alpha value is -0.610. The van der Waals surface area contributed by atoms with E-state index in [1.807, 2.05) is 18.7 Å². The molecule has 1 amide bonds. The zero-order valence-electron chi connectivity index (χ0n) is 10.6. The van der Waals surface area contributed by atoms with E-state index in [0.29, 0.717) is 6.42 Å². The fraction of sp³-hybridized carbons (Fsp3) is 0.917. The van der Waals surface area contributed by atoms with E-state index in [-0.39, 0.29) is 24.1 Å². The van der Waals surface area contributed by atoms with Gasteiger partial charge in [-0.3, -0.25) is 4.79 Å². The molecular weight excluding hydrogens is 204 g/mol. The zero-order valence-corrected chi connectivity index (χ0v) is 10.6. The summed E-state index contributed by atoms with van der Waals surface area (Å²) in [7, 11) is 0. The number of carbonyl (C=O) groups excluding carboxylic acids is 1. The predicted octanol–water partition coefficient (Wildman–Crippen LogP) is 0.746. The molecule has 94 valence electrons. The molecule has 3 unspecified atom stereocenters. The summed E-state index contributed by atoms with van der Waals surface area (Å²) in [5, 5.41) is 12.5. The van der Waals surface area contributed by atoms with Gasteiger partial charge >= 0.3 is 0 Å². The number of hydrogen-bond acceptors (Lipinski definition) is 3. The molecule has 4 nitrogen and oxygen atoms in total. The van der Waals surface area contributed by atoms with Crippen LogP contribution >= 0.6 is 0 Å². The summed E-state index contributed by atoms with van der Waals surface area (Å²) in [6.45, 7) is 7.47. The van der Waals surface area contributed by atoms with Crippen molar-refractivity contribution in [1.29, 1.82) is 0 Å². The van der Waals surface area contributed by atoms with Crippen molar-refractivity contribution in [2.45, 2.75) is 58.2 Å². The highest BCUT2D eigenvalue weighted by Gasteiger charge is 2.24. The van der Waals surface area contributed by atoms with Gasteiger partial charge in [0.05, 0.1) is 12.1 Å². The standard InChI is InChI=1S/C12H24N2O2/c1-9(8-10(2)15)13-11(3)12(16)14-6-4-5-7-14/h9-11,13,15H,4-8H2,1-3H3. The maximum Gasteiger partial charge on any atom is 0.239 e. The number of hydrogen-bond donors (Lipinski definition) is 2. The molecule has 1 aliphatic heterocycles. The summed E-state index contributed by atoms with van der Waals surface area (Å²) >= 11 is 0. The van der Waals surface area contributed by atoms with Crippen molar-refractivity contribution in [3.63, 3.8) is 0 Å². The molecule has 1 rings (SSSR count). The van der Waals surface area contributed by atoms with Crippen LogP contribution in [0, 0.1) is 0 Å². The molecule has 1 saturated heterocycles. The van der Waals surface area contributed by atoms with Crippen LogP contribution in [0.15, 0.2) is 0 Å². The largest absolute Gasteiger partial charge is 0.393 e. The summed E-state index contributed by atoms with van der Waals surface area (Å²) < 4.78 is 0. The molecule has 0 aliphatic carbocycles. The minimum Gasteiger partial charge on any atom is -0.393 e. The summed E-state index contributed by atoms with van der Waals surface area (Å²) in [5.41, 5.74) is 0. The van der Waals surface area contributed by atoms with Crippen molar-refractivity contribution in [3.8, 4) is 0 Å². The van der Waals surface area contributed by atoms with Crippen LogP contribution in [0.4, 0.5) is 0 Å². The van der Waals surface area contributed by atoms with E-state index in [9.17, 15) is 9.90 Å². The normalized spacial score (nSPS) is 21.9. The molecule has 1 heterocycles. The van der Waals surface area contributed by atoms with Crippen molar-refractivity contribution in [2.24, 2.45) is 0 Å². The van der Waals surface area contributed by atoms with Crippen LogP contribution in [0.25, 0.3) is 0 Å².